The van der Waals surface area contributed by atoms with Crippen molar-refractivity contribution in [2.75, 3.05) is 11.1 Å². The van der Waals surface area contributed by atoms with Crippen LogP contribution in [0.2, 0.25) is 5.02 Å². The molecular formula is C23H16ClF3N4OS. The van der Waals surface area contributed by atoms with Crippen molar-refractivity contribution in [3.63, 3.8) is 0 Å². The van der Waals surface area contributed by atoms with Crippen LogP contribution in [-0.4, -0.2) is 26.4 Å². The summed E-state index contributed by atoms with van der Waals surface area (Å²) in [6.45, 7) is 0. The largest absolute Gasteiger partial charge is 0.416 e. The van der Waals surface area contributed by atoms with Crippen LogP contribution in [0.25, 0.3) is 17.1 Å². The van der Waals surface area contributed by atoms with Gasteiger partial charge in [0.2, 0.25) is 5.91 Å². The van der Waals surface area contributed by atoms with Gasteiger partial charge < -0.3 is 5.32 Å². The maximum absolute atomic E-state index is 13.2. The number of benzene rings is 3. The first-order valence-electron chi connectivity index (χ1n) is 9.68. The topological polar surface area (TPSA) is 59.8 Å². The summed E-state index contributed by atoms with van der Waals surface area (Å²) < 4.78 is 41.3. The van der Waals surface area contributed by atoms with E-state index in [2.05, 4.69) is 15.5 Å². The molecule has 0 saturated heterocycles. The predicted octanol–water partition coefficient (Wildman–Crippen LogP) is 6.34. The second kappa shape index (κ2) is 9.68. The average molecular weight is 489 g/mol. The van der Waals surface area contributed by atoms with Gasteiger partial charge in [-0.3, -0.25) is 9.36 Å². The lowest BCUT2D eigenvalue weighted by Gasteiger charge is -2.12. The van der Waals surface area contributed by atoms with Crippen molar-refractivity contribution in [1.82, 2.24) is 14.8 Å². The van der Waals surface area contributed by atoms with Gasteiger partial charge in [-0.2, -0.15) is 13.2 Å². The highest BCUT2D eigenvalue weighted by Gasteiger charge is 2.31. The molecule has 0 spiro atoms. The van der Waals surface area contributed by atoms with Crippen LogP contribution in [0.15, 0.2) is 84.0 Å². The lowest BCUT2D eigenvalue weighted by molar-refractivity contribution is -0.137. The van der Waals surface area contributed by atoms with Crippen LogP contribution in [0.4, 0.5) is 18.9 Å². The zero-order valence-electron chi connectivity index (χ0n) is 16.9. The molecule has 0 radical (unpaired) electrons. The number of hydrogen-bond donors (Lipinski definition) is 1. The third-order valence-electron chi connectivity index (χ3n) is 4.58. The molecular weight excluding hydrogens is 473 g/mol. The first kappa shape index (κ1) is 22.9. The molecule has 0 aliphatic rings. The van der Waals surface area contributed by atoms with Gasteiger partial charge >= 0.3 is 6.18 Å². The van der Waals surface area contributed by atoms with Gasteiger partial charge in [0.25, 0.3) is 0 Å². The lowest BCUT2D eigenvalue weighted by Crippen LogP contribution is -2.14. The number of para-hydroxylation sites is 2. The predicted molar refractivity (Wildman–Crippen MR) is 123 cm³/mol. The zero-order valence-corrected chi connectivity index (χ0v) is 18.5. The molecule has 1 N–H and O–H groups in total. The summed E-state index contributed by atoms with van der Waals surface area (Å²) in [5.41, 5.74) is 0.618. The number of anilines is 1. The standard InChI is InChI=1S/C23H16ClF3N4OS/c24-18-11-4-5-12-19(18)28-20(32)14-33-22-30-29-21(31(22)17-9-2-1-3-10-17)15-7-6-8-16(13-15)23(25,26)27/h1-13H,14H2,(H,28,32). The minimum atomic E-state index is -4.48. The molecule has 0 saturated carbocycles. The number of halogens is 4. The number of carbonyl (C=O) groups excluding carboxylic acids is 1. The Bertz CT molecular complexity index is 1280. The molecule has 1 heterocycles. The first-order chi connectivity index (χ1) is 15.8. The molecule has 10 heteroatoms. The molecule has 33 heavy (non-hydrogen) atoms. The van der Waals surface area contributed by atoms with E-state index in [1.54, 1.807) is 53.1 Å². The summed E-state index contributed by atoms with van der Waals surface area (Å²) in [6.07, 6.45) is -4.48. The molecule has 4 rings (SSSR count). The van der Waals surface area contributed by atoms with Crippen molar-refractivity contribution in [2.24, 2.45) is 0 Å². The summed E-state index contributed by atoms with van der Waals surface area (Å²) in [7, 11) is 0. The van der Waals surface area contributed by atoms with E-state index in [-0.39, 0.29) is 23.0 Å². The number of thioether (sulfide) groups is 1. The smallest absolute Gasteiger partial charge is 0.324 e. The minimum absolute atomic E-state index is 0.00121. The highest BCUT2D eigenvalue weighted by molar-refractivity contribution is 7.99. The van der Waals surface area contributed by atoms with E-state index in [9.17, 15) is 18.0 Å². The monoisotopic (exact) mass is 488 g/mol. The number of carbonyl (C=O) groups is 1. The maximum Gasteiger partial charge on any atom is 0.416 e. The average Bonchev–Trinajstić information content (AvgIpc) is 3.23. The van der Waals surface area contributed by atoms with Crippen LogP contribution in [-0.2, 0) is 11.0 Å². The highest BCUT2D eigenvalue weighted by atomic mass is 35.5. The zero-order chi connectivity index (χ0) is 23.4. The molecule has 1 amide bonds. The Morgan fingerprint density at radius 2 is 1.70 bits per heavy atom. The van der Waals surface area contributed by atoms with Crippen molar-refractivity contribution in [2.45, 2.75) is 11.3 Å². The number of nitrogens with one attached hydrogen (secondary N) is 1. The molecule has 3 aromatic carbocycles. The van der Waals surface area contributed by atoms with Gasteiger partial charge in [0.05, 0.1) is 22.0 Å². The maximum atomic E-state index is 13.2. The molecule has 0 aliphatic heterocycles. The molecule has 168 valence electrons. The molecule has 5 nitrogen and oxygen atoms in total. The summed E-state index contributed by atoms with van der Waals surface area (Å²) in [5, 5.41) is 11.8. The number of amides is 1. The van der Waals surface area contributed by atoms with Gasteiger partial charge in [0.15, 0.2) is 11.0 Å². The molecule has 0 atom stereocenters. The fourth-order valence-electron chi connectivity index (χ4n) is 3.07. The molecule has 4 aromatic rings. The van der Waals surface area contributed by atoms with Gasteiger partial charge in [-0.1, -0.05) is 65.8 Å². The van der Waals surface area contributed by atoms with Crippen LogP contribution < -0.4 is 5.32 Å². The van der Waals surface area contributed by atoms with Crippen LogP contribution in [0.3, 0.4) is 0 Å². The first-order valence-corrected chi connectivity index (χ1v) is 11.0. The summed E-state index contributed by atoms with van der Waals surface area (Å²) in [5.74, 6) is -0.0728. The second-order valence-electron chi connectivity index (χ2n) is 6.87. The molecule has 0 unspecified atom stereocenters. The normalized spacial score (nSPS) is 11.4. The molecule has 0 aliphatic carbocycles. The fraction of sp³-hybridized carbons (Fsp3) is 0.0870. The summed E-state index contributed by atoms with van der Waals surface area (Å²) in [4.78, 5) is 12.4. The number of aromatic nitrogens is 3. The van der Waals surface area contributed by atoms with Crippen LogP contribution in [0, 0.1) is 0 Å². The Labute approximate surface area is 196 Å². The Morgan fingerprint density at radius 3 is 2.42 bits per heavy atom. The third kappa shape index (κ3) is 5.37. The van der Waals surface area contributed by atoms with Crippen LogP contribution in [0.1, 0.15) is 5.56 Å². The van der Waals surface area contributed by atoms with Crippen molar-refractivity contribution in [3.05, 3.63) is 89.4 Å². The van der Waals surface area contributed by atoms with E-state index < -0.39 is 11.7 Å². The van der Waals surface area contributed by atoms with E-state index in [1.807, 2.05) is 6.07 Å². The van der Waals surface area contributed by atoms with E-state index in [0.29, 0.717) is 21.6 Å². The van der Waals surface area contributed by atoms with Gasteiger partial charge in [0, 0.05) is 11.3 Å². The molecule has 0 bridgehead atoms. The molecule has 1 aromatic heterocycles. The second-order valence-corrected chi connectivity index (χ2v) is 8.22. The van der Waals surface area contributed by atoms with Crippen molar-refractivity contribution in [3.8, 4) is 17.1 Å². The van der Waals surface area contributed by atoms with Gasteiger partial charge in [-0.25, -0.2) is 0 Å². The Balaban J connectivity index is 1.64. The van der Waals surface area contributed by atoms with Crippen LogP contribution >= 0.6 is 23.4 Å². The summed E-state index contributed by atoms with van der Waals surface area (Å²) >= 11 is 7.19. The number of rotatable bonds is 6. The third-order valence-corrected chi connectivity index (χ3v) is 5.83. The number of hydrogen-bond acceptors (Lipinski definition) is 4. The van der Waals surface area contributed by atoms with E-state index in [1.165, 1.54) is 12.1 Å². The van der Waals surface area contributed by atoms with Crippen molar-refractivity contribution in [1.29, 1.82) is 0 Å². The minimum Gasteiger partial charge on any atom is -0.324 e. The van der Waals surface area contributed by atoms with Gasteiger partial charge in [-0.05, 0) is 36.4 Å². The Kier molecular flexibility index (Phi) is 6.71. The van der Waals surface area contributed by atoms with Gasteiger partial charge in [-0.15, -0.1) is 10.2 Å². The number of alkyl halides is 3. The highest BCUT2D eigenvalue weighted by Crippen LogP contribution is 2.33. The lowest BCUT2D eigenvalue weighted by atomic mass is 10.1. The van der Waals surface area contributed by atoms with Crippen LogP contribution in [0.5, 0.6) is 0 Å². The van der Waals surface area contributed by atoms with Crippen molar-refractivity contribution < 1.29 is 18.0 Å². The molecule has 0 fully saturated rings. The SMILES string of the molecule is O=C(CSc1nnc(-c2cccc(C(F)(F)F)c2)n1-c1ccccc1)Nc1ccccc1Cl. The Morgan fingerprint density at radius 1 is 0.970 bits per heavy atom. The number of nitrogens with zero attached hydrogens (tertiary/aromatic N) is 3. The fourth-order valence-corrected chi connectivity index (χ4v) is 4.01. The van der Waals surface area contributed by atoms with E-state index in [4.69, 9.17) is 11.6 Å². The van der Waals surface area contributed by atoms with Crippen molar-refractivity contribution >= 4 is 35.0 Å². The van der Waals surface area contributed by atoms with Gasteiger partial charge in [0.1, 0.15) is 0 Å². The Hall–Kier alpha value is -3.30. The van der Waals surface area contributed by atoms with E-state index in [0.717, 1.165) is 23.9 Å². The van der Waals surface area contributed by atoms with E-state index >= 15 is 0 Å². The quantitative estimate of drug-likeness (QED) is 0.322. The summed E-state index contributed by atoms with van der Waals surface area (Å²) in [6, 6.07) is 20.7.